The molecule has 0 saturated heterocycles. The molecule has 1 aliphatic rings. The van der Waals surface area contributed by atoms with Crippen molar-refractivity contribution in [2.45, 2.75) is 58.5 Å². The fraction of sp³-hybridized carbons (Fsp3) is 0.625. The highest BCUT2D eigenvalue weighted by atomic mass is 14.9. The highest BCUT2D eigenvalue weighted by Gasteiger charge is 2.20. The van der Waals surface area contributed by atoms with Crippen molar-refractivity contribution in [2.24, 2.45) is 5.92 Å². The second-order valence-electron chi connectivity index (χ2n) is 5.77. The number of benzene rings is 1. The Labute approximate surface area is 106 Å². The fourth-order valence-corrected chi connectivity index (χ4v) is 2.89. The van der Waals surface area contributed by atoms with Crippen LogP contribution in [0.2, 0.25) is 0 Å². The Morgan fingerprint density at radius 1 is 1.18 bits per heavy atom. The van der Waals surface area contributed by atoms with Crippen molar-refractivity contribution in [3.8, 4) is 0 Å². The predicted molar refractivity (Wildman–Crippen MR) is 74.1 cm³/mol. The maximum atomic E-state index is 3.78. The third kappa shape index (κ3) is 3.57. The van der Waals surface area contributed by atoms with Gasteiger partial charge in [0.2, 0.25) is 0 Å². The van der Waals surface area contributed by atoms with E-state index in [-0.39, 0.29) is 0 Å². The van der Waals surface area contributed by atoms with Gasteiger partial charge in [-0.3, -0.25) is 0 Å². The lowest BCUT2D eigenvalue weighted by atomic mass is 9.86. The van der Waals surface area contributed by atoms with Crippen LogP contribution in [-0.4, -0.2) is 6.04 Å². The Balaban J connectivity index is 1.91. The third-order valence-electron chi connectivity index (χ3n) is 4.00. The Bertz CT molecular complexity index is 341. The summed E-state index contributed by atoms with van der Waals surface area (Å²) < 4.78 is 0. The van der Waals surface area contributed by atoms with E-state index in [0.29, 0.717) is 6.04 Å². The van der Waals surface area contributed by atoms with Crippen LogP contribution in [0, 0.1) is 12.8 Å². The summed E-state index contributed by atoms with van der Waals surface area (Å²) in [5, 5.41) is 3.78. The molecular weight excluding hydrogens is 206 g/mol. The first-order chi connectivity index (χ1) is 8.15. The average Bonchev–Trinajstić information content (AvgIpc) is 2.29. The van der Waals surface area contributed by atoms with E-state index in [2.05, 4.69) is 50.4 Å². The van der Waals surface area contributed by atoms with E-state index in [1.807, 2.05) is 0 Å². The summed E-state index contributed by atoms with van der Waals surface area (Å²) in [4.78, 5) is 0. The van der Waals surface area contributed by atoms with Gasteiger partial charge in [0.15, 0.2) is 0 Å². The third-order valence-corrected chi connectivity index (χ3v) is 4.00. The maximum Gasteiger partial charge on any atom is 0.0294 e. The lowest BCUT2D eigenvalue weighted by Gasteiger charge is -2.30. The van der Waals surface area contributed by atoms with Gasteiger partial charge in [0, 0.05) is 12.1 Å². The Hall–Kier alpha value is -0.820. The van der Waals surface area contributed by atoms with Crippen LogP contribution in [0.15, 0.2) is 24.3 Å². The Morgan fingerprint density at radius 2 is 1.88 bits per heavy atom. The van der Waals surface area contributed by atoms with Crippen LogP contribution in [0.4, 0.5) is 0 Å². The number of aryl methyl sites for hydroxylation is 1. The molecule has 94 valence electrons. The van der Waals surface area contributed by atoms with Crippen molar-refractivity contribution in [3.05, 3.63) is 35.4 Å². The van der Waals surface area contributed by atoms with Gasteiger partial charge in [0.25, 0.3) is 0 Å². The molecule has 3 atom stereocenters. The summed E-state index contributed by atoms with van der Waals surface area (Å²) in [6.45, 7) is 6.80. The maximum absolute atomic E-state index is 3.78. The van der Waals surface area contributed by atoms with Gasteiger partial charge in [-0.25, -0.2) is 0 Å². The quantitative estimate of drug-likeness (QED) is 0.821. The second-order valence-corrected chi connectivity index (χ2v) is 5.77. The van der Waals surface area contributed by atoms with E-state index in [9.17, 15) is 0 Å². The van der Waals surface area contributed by atoms with Crippen LogP contribution in [-0.2, 0) is 0 Å². The highest BCUT2D eigenvalue weighted by Crippen LogP contribution is 2.25. The smallest absolute Gasteiger partial charge is 0.0294 e. The van der Waals surface area contributed by atoms with E-state index in [4.69, 9.17) is 0 Å². The van der Waals surface area contributed by atoms with Gasteiger partial charge in [-0.15, -0.1) is 0 Å². The Morgan fingerprint density at radius 3 is 2.53 bits per heavy atom. The monoisotopic (exact) mass is 231 g/mol. The van der Waals surface area contributed by atoms with Crippen molar-refractivity contribution in [3.63, 3.8) is 0 Å². The minimum absolute atomic E-state index is 0.478. The zero-order valence-electron chi connectivity index (χ0n) is 11.4. The second kappa shape index (κ2) is 5.68. The van der Waals surface area contributed by atoms with Crippen LogP contribution >= 0.6 is 0 Å². The molecular formula is C16H25N. The largest absolute Gasteiger partial charge is 0.307 e. The Kier molecular flexibility index (Phi) is 4.22. The van der Waals surface area contributed by atoms with E-state index in [0.717, 1.165) is 12.0 Å². The standard InChI is InChI=1S/C16H25N/c1-12-7-9-15(10-8-12)14(3)17-16-6-4-5-13(2)11-16/h7-10,13-14,16-17H,4-6,11H2,1-3H3/t13?,14-,16?/m0/s1. The highest BCUT2D eigenvalue weighted by molar-refractivity contribution is 5.23. The molecule has 0 heterocycles. The minimum Gasteiger partial charge on any atom is -0.307 e. The zero-order chi connectivity index (χ0) is 12.3. The molecule has 2 unspecified atom stereocenters. The lowest BCUT2D eigenvalue weighted by molar-refractivity contribution is 0.285. The van der Waals surface area contributed by atoms with Crippen LogP contribution in [0.5, 0.6) is 0 Å². The summed E-state index contributed by atoms with van der Waals surface area (Å²) in [5.41, 5.74) is 2.75. The molecule has 0 aliphatic heterocycles. The van der Waals surface area contributed by atoms with Gasteiger partial charge in [-0.2, -0.15) is 0 Å². The molecule has 1 heteroatoms. The molecule has 1 saturated carbocycles. The van der Waals surface area contributed by atoms with Crippen LogP contribution in [0.3, 0.4) is 0 Å². The SMILES string of the molecule is Cc1ccc([C@H](C)NC2CCCC(C)C2)cc1. The normalized spacial score (nSPS) is 26.8. The molecule has 0 spiro atoms. The molecule has 0 radical (unpaired) electrons. The van der Waals surface area contributed by atoms with Crippen molar-refractivity contribution in [1.29, 1.82) is 0 Å². The van der Waals surface area contributed by atoms with Gasteiger partial charge in [-0.1, -0.05) is 49.6 Å². The summed E-state index contributed by atoms with van der Waals surface area (Å²) in [6, 6.07) is 10.1. The van der Waals surface area contributed by atoms with Crippen LogP contribution in [0.1, 0.15) is 56.7 Å². The molecule has 0 amide bonds. The lowest BCUT2D eigenvalue weighted by Crippen LogP contribution is -2.35. The molecule has 1 aromatic rings. The van der Waals surface area contributed by atoms with Crippen molar-refractivity contribution in [2.75, 3.05) is 0 Å². The van der Waals surface area contributed by atoms with Gasteiger partial charge < -0.3 is 5.32 Å². The predicted octanol–water partition coefficient (Wildman–Crippen LogP) is 4.22. The molecule has 0 bridgehead atoms. The summed E-state index contributed by atoms with van der Waals surface area (Å²) in [5.74, 6) is 0.895. The first-order valence-corrected chi connectivity index (χ1v) is 6.98. The van der Waals surface area contributed by atoms with Crippen molar-refractivity contribution in [1.82, 2.24) is 5.32 Å². The molecule has 1 fully saturated rings. The van der Waals surface area contributed by atoms with Gasteiger partial charge in [-0.05, 0) is 38.2 Å². The van der Waals surface area contributed by atoms with Crippen LogP contribution in [0.25, 0.3) is 0 Å². The number of hydrogen-bond acceptors (Lipinski definition) is 1. The zero-order valence-corrected chi connectivity index (χ0v) is 11.4. The first-order valence-electron chi connectivity index (χ1n) is 6.98. The van der Waals surface area contributed by atoms with E-state index < -0.39 is 0 Å². The number of hydrogen-bond donors (Lipinski definition) is 1. The first kappa shape index (κ1) is 12.6. The molecule has 1 N–H and O–H groups in total. The summed E-state index contributed by atoms with van der Waals surface area (Å²) >= 11 is 0. The van der Waals surface area contributed by atoms with Crippen molar-refractivity contribution >= 4 is 0 Å². The molecule has 1 nitrogen and oxygen atoms in total. The van der Waals surface area contributed by atoms with E-state index >= 15 is 0 Å². The van der Waals surface area contributed by atoms with Crippen LogP contribution < -0.4 is 5.32 Å². The van der Waals surface area contributed by atoms with E-state index in [1.54, 1.807) is 0 Å². The van der Waals surface area contributed by atoms with Crippen molar-refractivity contribution < 1.29 is 0 Å². The molecule has 2 rings (SSSR count). The molecule has 1 aromatic carbocycles. The van der Waals surface area contributed by atoms with Gasteiger partial charge in [0.05, 0.1) is 0 Å². The fourth-order valence-electron chi connectivity index (χ4n) is 2.89. The van der Waals surface area contributed by atoms with E-state index in [1.165, 1.54) is 36.8 Å². The number of nitrogens with one attached hydrogen (secondary N) is 1. The molecule has 1 aliphatic carbocycles. The summed E-state index contributed by atoms with van der Waals surface area (Å²) in [6.07, 6.45) is 5.49. The average molecular weight is 231 g/mol. The van der Waals surface area contributed by atoms with Gasteiger partial charge >= 0.3 is 0 Å². The summed E-state index contributed by atoms with van der Waals surface area (Å²) in [7, 11) is 0. The minimum atomic E-state index is 0.478. The molecule has 17 heavy (non-hydrogen) atoms. The van der Waals surface area contributed by atoms with Gasteiger partial charge in [0.1, 0.15) is 0 Å². The topological polar surface area (TPSA) is 12.0 Å². The molecule has 0 aromatic heterocycles. The number of rotatable bonds is 3.